The molecule has 0 saturated carbocycles. The fourth-order valence-electron chi connectivity index (χ4n) is 3.09. The molecular weight excluding hydrogens is 318 g/mol. The summed E-state index contributed by atoms with van der Waals surface area (Å²) < 4.78 is 0. The number of amides is 2. The summed E-state index contributed by atoms with van der Waals surface area (Å²) in [5, 5.41) is 11.9. The van der Waals surface area contributed by atoms with Crippen molar-refractivity contribution in [2.45, 2.75) is 76.3 Å². The molecule has 0 bridgehead atoms. The number of hydrogen-bond acceptors (Lipinski definition) is 5. The molecule has 1 heterocycles. The lowest BCUT2D eigenvalue weighted by Gasteiger charge is -2.23. The van der Waals surface area contributed by atoms with Crippen LogP contribution in [0.3, 0.4) is 0 Å². The molecule has 7 nitrogen and oxygen atoms in total. The van der Waals surface area contributed by atoms with E-state index in [1.54, 1.807) is 4.90 Å². The van der Waals surface area contributed by atoms with Gasteiger partial charge in [0, 0.05) is 19.5 Å². The number of nitriles is 1. The van der Waals surface area contributed by atoms with Crippen LogP contribution in [0.5, 0.6) is 0 Å². The van der Waals surface area contributed by atoms with Gasteiger partial charge in [0.1, 0.15) is 6.04 Å². The molecule has 0 spiro atoms. The Morgan fingerprint density at radius 2 is 1.96 bits per heavy atom. The Labute approximate surface area is 151 Å². The van der Waals surface area contributed by atoms with E-state index >= 15 is 0 Å². The molecule has 1 aliphatic heterocycles. The smallest absolute Gasteiger partial charge is 0.240 e. The van der Waals surface area contributed by atoms with Crippen LogP contribution < -0.4 is 16.8 Å². The minimum absolute atomic E-state index is 0.0852. The quantitative estimate of drug-likeness (QED) is 0.453. The molecule has 142 valence electrons. The standard InChI is InChI=1S/C18H33N5O2/c19-11-5-2-1-3-10-17(24)22-12-6-4-9-16(21)18(25)23-13-7-8-15(23)14-20/h15-16H,1-13,19,21H2,(H,22,24)/t15-,16-/m0/s1. The summed E-state index contributed by atoms with van der Waals surface area (Å²) >= 11 is 0. The van der Waals surface area contributed by atoms with Crippen molar-refractivity contribution in [2.24, 2.45) is 11.5 Å². The first-order valence-corrected chi connectivity index (χ1v) is 9.52. The molecule has 7 heteroatoms. The number of rotatable bonds is 12. The molecule has 0 aliphatic carbocycles. The largest absolute Gasteiger partial charge is 0.356 e. The highest BCUT2D eigenvalue weighted by atomic mass is 16.2. The fourth-order valence-corrected chi connectivity index (χ4v) is 3.09. The van der Waals surface area contributed by atoms with Crippen molar-refractivity contribution in [3.63, 3.8) is 0 Å². The first kappa shape index (κ1) is 21.4. The third-order valence-corrected chi connectivity index (χ3v) is 4.62. The molecule has 1 fully saturated rings. The Balaban J connectivity index is 2.06. The van der Waals surface area contributed by atoms with Crippen LogP contribution in [0.25, 0.3) is 0 Å². The highest BCUT2D eigenvalue weighted by Crippen LogP contribution is 2.18. The van der Waals surface area contributed by atoms with Crippen molar-refractivity contribution in [1.82, 2.24) is 10.2 Å². The number of carbonyl (C=O) groups is 2. The summed E-state index contributed by atoms with van der Waals surface area (Å²) in [4.78, 5) is 25.5. The van der Waals surface area contributed by atoms with Gasteiger partial charge in [0.25, 0.3) is 0 Å². The summed E-state index contributed by atoms with van der Waals surface area (Å²) in [6, 6.07) is 1.30. The van der Waals surface area contributed by atoms with E-state index in [9.17, 15) is 9.59 Å². The van der Waals surface area contributed by atoms with E-state index in [-0.39, 0.29) is 17.9 Å². The molecule has 0 aromatic rings. The molecule has 1 aliphatic rings. The minimum Gasteiger partial charge on any atom is -0.356 e. The molecule has 0 unspecified atom stereocenters. The predicted octanol–water partition coefficient (Wildman–Crippen LogP) is 1.02. The van der Waals surface area contributed by atoms with Gasteiger partial charge >= 0.3 is 0 Å². The van der Waals surface area contributed by atoms with Gasteiger partial charge in [0.05, 0.1) is 12.1 Å². The maximum Gasteiger partial charge on any atom is 0.240 e. The van der Waals surface area contributed by atoms with Crippen LogP contribution in [-0.2, 0) is 9.59 Å². The van der Waals surface area contributed by atoms with Gasteiger partial charge in [-0.3, -0.25) is 9.59 Å². The average molecular weight is 351 g/mol. The van der Waals surface area contributed by atoms with Crippen molar-refractivity contribution < 1.29 is 9.59 Å². The van der Waals surface area contributed by atoms with E-state index in [0.29, 0.717) is 32.5 Å². The van der Waals surface area contributed by atoms with Gasteiger partial charge < -0.3 is 21.7 Å². The van der Waals surface area contributed by atoms with Crippen molar-refractivity contribution in [3.8, 4) is 6.07 Å². The van der Waals surface area contributed by atoms with Gasteiger partial charge in [-0.1, -0.05) is 12.8 Å². The van der Waals surface area contributed by atoms with E-state index in [4.69, 9.17) is 16.7 Å². The zero-order chi connectivity index (χ0) is 18.5. The molecule has 0 aromatic carbocycles. The second kappa shape index (κ2) is 12.7. The lowest BCUT2D eigenvalue weighted by atomic mass is 10.1. The van der Waals surface area contributed by atoms with Crippen molar-refractivity contribution >= 4 is 11.8 Å². The topological polar surface area (TPSA) is 125 Å². The lowest BCUT2D eigenvalue weighted by Crippen LogP contribution is -2.45. The number of likely N-dealkylation sites (tertiary alicyclic amines) is 1. The van der Waals surface area contributed by atoms with Gasteiger partial charge in [-0.05, 0) is 51.5 Å². The highest BCUT2D eigenvalue weighted by Gasteiger charge is 2.31. The van der Waals surface area contributed by atoms with Gasteiger partial charge in [-0.2, -0.15) is 5.26 Å². The number of unbranched alkanes of at least 4 members (excludes halogenated alkanes) is 4. The summed E-state index contributed by atoms with van der Waals surface area (Å²) in [6.45, 7) is 1.96. The molecule has 2 amide bonds. The number of nitrogens with two attached hydrogens (primary N) is 2. The first-order valence-electron chi connectivity index (χ1n) is 9.52. The number of nitrogens with one attached hydrogen (secondary N) is 1. The zero-order valence-electron chi connectivity index (χ0n) is 15.2. The van der Waals surface area contributed by atoms with Crippen LogP contribution in [0.4, 0.5) is 0 Å². The van der Waals surface area contributed by atoms with Gasteiger partial charge in [-0.25, -0.2) is 0 Å². The van der Waals surface area contributed by atoms with Gasteiger partial charge in [0.2, 0.25) is 11.8 Å². The molecule has 1 rings (SSSR count). The minimum atomic E-state index is -0.549. The SMILES string of the molecule is N#C[C@@H]1CCCN1C(=O)[C@@H](N)CCCCNC(=O)CCCCCCN. The van der Waals surface area contributed by atoms with E-state index in [1.807, 2.05) is 0 Å². The number of nitrogens with zero attached hydrogens (tertiary/aromatic N) is 2. The summed E-state index contributed by atoms with van der Waals surface area (Å²) in [5.74, 6) is -0.0346. The fraction of sp³-hybridized carbons (Fsp3) is 0.833. The van der Waals surface area contributed by atoms with E-state index in [2.05, 4.69) is 11.4 Å². The average Bonchev–Trinajstić information content (AvgIpc) is 3.09. The Hall–Kier alpha value is -1.65. The van der Waals surface area contributed by atoms with Gasteiger partial charge in [0.15, 0.2) is 0 Å². The normalized spacial score (nSPS) is 18.0. The maximum absolute atomic E-state index is 12.3. The van der Waals surface area contributed by atoms with Crippen LogP contribution >= 0.6 is 0 Å². The summed E-state index contributed by atoms with van der Waals surface area (Å²) in [5.41, 5.74) is 11.4. The maximum atomic E-state index is 12.3. The predicted molar refractivity (Wildman–Crippen MR) is 97.3 cm³/mol. The second-order valence-electron chi connectivity index (χ2n) is 6.72. The highest BCUT2D eigenvalue weighted by molar-refractivity contribution is 5.82. The molecule has 2 atom stereocenters. The summed E-state index contributed by atoms with van der Waals surface area (Å²) in [7, 11) is 0. The van der Waals surface area contributed by atoms with Crippen LogP contribution in [-0.4, -0.2) is 48.4 Å². The third-order valence-electron chi connectivity index (χ3n) is 4.62. The monoisotopic (exact) mass is 351 g/mol. The van der Waals surface area contributed by atoms with Crippen LogP contribution in [0.1, 0.15) is 64.2 Å². The number of carbonyl (C=O) groups excluding carboxylic acids is 2. The van der Waals surface area contributed by atoms with Crippen LogP contribution in [0, 0.1) is 11.3 Å². The molecule has 0 aromatic heterocycles. The third kappa shape index (κ3) is 8.32. The van der Waals surface area contributed by atoms with E-state index < -0.39 is 6.04 Å². The Morgan fingerprint density at radius 3 is 2.68 bits per heavy atom. The zero-order valence-corrected chi connectivity index (χ0v) is 15.2. The first-order chi connectivity index (χ1) is 12.1. The van der Waals surface area contributed by atoms with Crippen molar-refractivity contribution in [2.75, 3.05) is 19.6 Å². The van der Waals surface area contributed by atoms with Crippen molar-refractivity contribution in [3.05, 3.63) is 0 Å². The number of hydrogen-bond donors (Lipinski definition) is 3. The second-order valence-corrected chi connectivity index (χ2v) is 6.72. The van der Waals surface area contributed by atoms with Crippen LogP contribution in [0.15, 0.2) is 0 Å². The Morgan fingerprint density at radius 1 is 1.20 bits per heavy atom. The lowest BCUT2D eigenvalue weighted by molar-refractivity contribution is -0.132. The molecule has 1 saturated heterocycles. The Bertz CT molecular complexity index is 449. The molecular formula is C18H33N5O2. The Kier molecular flexibility index (Phi) is 10.8. The van der Waals surface area contributed by atoms with Crippen molar-refractivity contribution in [1.29, 1.82) is 5.26 Å². The molecule has 5 N–H and O–H groups in total. The van der Waals surface area contributed by atoms with Crippen LogP contribution in [0.2, 0.25) is 0 Å². The van der Waals surface area contributed by atoms with E-state index in [1.165, 1.54) is 0 Å². The molecule has 0 radical (unpaired) electrons. The van der Waals surface area contributed by atoms with E-state index in [0.717, 1.165) is 51.4 Å². The van der Waals surface area contributed by atoms with Gasteiger partial charge in [-0.15, -0.1) is 0 Å². The summed E-state index contributed by atoms with van der Waals surface area (Å²) in [6.07, 6.45) is 8.41. The molecule has 25 heavy (non-hydrogen) atoms.